The number of anilines is 1. The zero-order valence-corrected chi connectivity index (χ0v) is 16.4. The molecule has 140 valence electrons. The molecule has 2 aromatic heterocycles. The van der Waals surface area contributed by atoms with E-state index >= 15 is 0 Å². The van der Waals surface area contributed by atoms with Gasteiger partial charge in [-0.15, -0.1) is 21.5 Å². The number of methoxy groups -OCH3 is 1. The number of nitrogens with zero attached hydrogens (tertiary/aromatic N) is 3. The summed E-state index contributed by atoms with van der Waals surface area (Å²) in [4.78, 5) is 18.0. The van der Waals surface area contributed by atoms with E-state index in [2.05, 4.69) is 20.5 Å². The first-order valence-corrected chi connectivity index (χ1v) is 10.4. The fraction of sp³-hybridized carbons (Fsp3) is 0.333. The molecular formula is C18H18N4O3S2. The topological polar surface area (TPSA) is 90.1 Å². The summed E-state index contributed by atoms with van der Waals surface area (Å²) in [5.41, 5.74) is 1.93. The quantitative estimate of drug-likeness (QED) is 0.627. The van der Waals surface area contributed by atoms with Crippen LogP contribution in [0.2, 0.25) is 0 Å². The number of aryl methyl sites for hydroxylation is 2. The number of carbonyl (C=O) groups excluding carboxylic acids is 1. The van der Waals surface area contributed by atoms with Crippen molar-refractivity contribution in [3.05, 3.63) is 34.8 Å². The van der Waals surface area contributed by atoms with Crippen LogP contribution in [0, 0.1) is 0 Å². The third-order valence-electron chi connectivity index (χ3n) is 4.16. The first-order chi connectivity index (χ1) is 13.2. The van der Waals surface area contributed by atoms with Crippen LogP contribution < -0.4 is 10.1 Å². The van der Waals surface area contributed by atoms with Crippen LogP contribution in [-0.2, 0) is 17.6 Å². The summed E-state index contributed by atoms with van der Waals surface area (Å²) in [5.74, 6) is 1.23. The SMILES string of the molecule is COc1ccc(-c2nnc(SCC(=O)Nc3nc4c(s3)CCCC4)o2)cc1. The molecule has 0 bridgehead atoms. The molecule has 7 nitrogen and oxygen atoms in total. The minimum atomic E-state index is -0.129. The molecule has 27 heavy (non-hydrogen) atoms. The largest absolute Gasteiger partial charge is 0.497 e. The summed E-state index contributed by atoms with van der Waals surface area (Å²) in [6.07, 6.45) is 4.44. The van der Waals surface area contributed by atoms with Crippen molar-refractivity contribution in [3.8, 4) is 17.2 Å². The van der Waals surface area contributed by atoms with Gasteiger partial charge in [0.2, 0.25) is 11.8 Å². The van der Waals surface area contributed by atoms with Crippen LogP contribution >= 0.6 is 23.1 Å². The van der Waals surface area contributed by atoms with Crippen molar-refractivity contribution in [1.82, 2.24) is 15.2 Å². The van der Waals surface area contributed by atoms with E-state index in [1.165, 1.54) is 29.5 Å². The third-order valence-corrected chi connectivity index (χ3v) is 6.05. The van der Waals surface area contributed by atoms with E-state index in [9.17, 15) is 4.79 Å². The zero-order valence-electron chi connectivity index (χ0n) is 14.7. The summed E-state index contributed by atoms with van der Waals surface area (Å²) >= 11 is 2.78. The van der Waals surface area contributed by atoms with Crippen LogP contribution in [0.1, 0.15) is 23.4 Å². The van der Waals surface area contributed by atoms with Gasteiger partial charge < -0.3 is 14.5 Å². The average Bonchev–Trinajstić information content (AvgIpc) is 3.33. The minimum Gasteiger partial charge on any atom is -0.497 e. The standard InChI is InChI=1S/C18H18N4O3S2/c1-24-12-8-6-11(7-9-12)16-21-22-18(25-16)26-10-15(23)20-17-19-13-4-2-3-5-14(13)27-17/h6-9H,2-5,10H2,1H3,(H,19,20,23). The number of nitrogens with one attached hydrogen (secondary N) is 1. The lowest BCUT2D eigenvalue weighted by atomic mass is 10.0. The Morgan fingerprint density at radius 2 is 2.07 bits per heavy atom. The van der Waals surface area contributed by atoms with Crippen LogP contribution in [0.25, 0.3) is 11.5 Å². The van der Waals surface area contributed by atoms with Crippen molar-refractivity contribution in [2.45, 2.75) is 30.9 Å². The molecule has 2 heterocycles. The molecule has 0 radical (unpaired) electrons. The number of rotatable bonds is 6. The highest BCUT2D eigenvalue weighted by molar-refractivity contribution is 7.99. The lowest BCUT2D eigenvalue weighted by molar-refractivity contribution is -0.113. The Kier molecular flexibility index (Phi) is 5.40. The second-order valence-corrected chi connectivity index (χ2v) is 8.04. The third kappa shape index (κ3) is 4.30. The fourth-order valence-corrected chi connectivity index (χ4v) is 4.44. The number of ether oxygens (including phenoxy) is 1. The van der Waals surface area contributed by atoms with E-state index in [1.807, 2.05) is 24.3 Å². The zero-order chi connectivity index (χ0) is 18.6. The number of aromatic nitrogens is 3. The smallest absolute Gasteiger partial charge is 0.277 e. The second kappa shape index (κ2) is 8.10. The number of thioether (sulfide) groups is 1. The molecule has 0 atom stereocenters. The maximum Gasteiger partial charge on any atom is 0.277 e. The molecule has 3 aromatic rings. The summed E-state index contributed by atoms with van der Waals surface area (Å²) in [5, 5.41) is 11.9. The van der Waals surface area contributed by atoms with Gasteiger partial charge in [-0.1, -0.05) is 11.8 Å². The Morgan fingerprint density at radius 3 is 2.85 bits per heavy atom. The fourth-order valence-electron chi connectivity index (χ4n) is 2.81. The number of amides is 1. The first kappa shape index (κ1) is 18.0. The van der Waals surface area contributed by atoms with Gasteiger partial charge >= 0.3 is 0 Å². The molecule has 0 saturated heterocycles. The number of carbonyl (C=O) groups is 1. The molecule has 4 rings (SSSR count). The maximum atomic E-state index is 12.2. The van der Waals surface area contributed by atoms with Crippen molar-refractivity contribution >= 4 is 34.1 Å². The van der Waals surface area contributed by atoms with Gasteiger partial charge in [0.05, 0.1) is 18.6 Å². The van der Waals surface area contributed by atoms with E-state index in [0.29, 0.717) is 16.2 Å². The molecule has 0 unspecified atom stereocenters. The van der Waals surface area contributed by atoms with Crippen molar-refractivity contribution in [2.75, 3.05) is 18.2 Å². The Balaban J connectivity index is 1.32. The summed E-state index contributed by atoms with van der Waals surface area (Å²) in [6.45, 7) is 0. The normalized spacial score (nSPS) is 13.2. The van der Waals surface area contributed by atoms with Gasteiger partial charge in [-0.3, -0.25) is 4.79 Å². The molecule has 0 saturated carbocycles. The lowest BCUT2D eigenvalue weighted by Crippen LogP contribution is -2.13. The van der Waals surface area contributed by atoms with Gasteiger partial charge in [-0.05, 0) is 49.9 Å². The molecule has 0 fully saturated rings. The Morgan fingerprint density at radius 1 is 1.26 bits per heavy atom. The average molecular weight is 403 g/mol. The number of hydrogen-bond donors (Lipinski definition) is 1. The molecule has 1 aliphatic carbocycles. The summed E-state index contributed by atoms with van der Waals surface area (Å²) < 4.78 is 10.7. The van der Waals surface area contributed by atoms with E-state index in [1.54, 1.807) is 18.4 Å². The number of thiazole rings is 1. The van der Waals surface area contributed by atoms with Crippen molar-refractivity contribution in [1.29, 1.82) is 0 Å². The molecule has 1 aliphatic rings. The lowest BCUT2D eigenvalue weighted by Gasteiger charge is -2.06. The summed E-state index contributed by atoms with van der Waals surface area (Å²) in [7, 11) is 1.61. The predicted octanol–water partition coefficient (Wildman–Crippen LogP) is 3.81. The highest BCUT2D eigenvalue weighted by Gasteiger charge is 2.17. The Labute approximate surface area is 164 Å². The molecular weight excluding hydrogens is 384 g/mol. The van der Waals surface area contributed by atoms with Gasteiger partial charge in [0, 0.05) is 10.4 Å². The van der Waals surface area contributed by atoms with Crippen molar-refractivity contribution in [2.24, 2.45) is 0 Å². The van der Waals surface area contributed by atoms with Crippen LogP contribution in [0.3, 0.4) is 0 Å². The van der Waals surface area contributed by atoms with Crippen LogP contribution in [0.5, 0.6) is 5.75 Å². The number of benzene rings is 1. The van der Waals surface area contributed by atoms with Crippen LogP contribution in [-0.4, -0.2) is 34.0 Å². The molecule has 0 spiro atoms. The molecule has 9 heteroatoms. The minimum absolute atomic E-state index is 0.129. The van der Waals surface area contributed by atoms with Crippen molar-refractivity contribution < 1.29 is 13.9 Å². The molecule has 0 aliphatic heterocycles. The van der Waals surface area contributed by atoms with E-state index in [4.69, 9.17) is 9.15 Å². The number of hydrogen-bond acceptors (Lipinski definition) is 8. The van der Waals surface area contributed by atoms with Crippen molar-refractivity contribution in [3.63, 3.8) is 0 Å². The predicted molar refractivity (Wildman–Crippen MR) is 104 cm³/mol. The van der Waals surface area contributed by atoms with E-state index < -0.39 is 0 Å². The first-order valence-electron chi connectivity index (χ1n) is 8.60. The van der Waals surface area contributed by atoms with Crippen LogP contribution in [0.4, 0.5) is 5.13 Å². The van der Waals surface area contributed by atoms with Gasteiger partial charge in [0.25, 0.3) is 5.22 Å². The molecule has 1 aromatic carbocycles. The maximum absolute atomic E-state index is 12.2. The van der Waals surface area contributed by atoms with Crippen LogP contribution in [0.15, 0.2) is 33.9 Å². The van der Waals surface area contributed by atoms with E-state index in [-0.39, 0.29) is 11.7 Å². The Hall–Kier alpha value is -2.39. The highest BCUT2D eigenvalue weighted by Crippen LogP contribution is 2.30. The second-order valence-electron chi connectivity index (χ2n) is 6.03. The summed E-state index contributed by atoms with van der Waals surface area (Å²) in [6, 6.07) is 7.34. The molecule has 1 N–H and O–H groups in total. The monoisotopic (exact) mass is 402 g/mol. The number of fused-ring (bicyclic) bond motifs is 1. The molecule has 1 amide bonds. The van der Waals surface area contributed by atoms with Gasteiger partial charge in [-0.25, -0.2) is 4.98 Å². The van der Waals surface area contributed by atoms with Gasteiger partial charge in [0.1, 0.15) is 5.75 Å². The highest BCUT2D eigenvalue weighted by atomic mass is 32.2. The van der Waals surface area contributed by atoms with E-state index in [0.717, 1.165) is 29.8 Å². The van der Waals surface area contributed by atoms with Gasteiger partial charge in [0.15, 0.2) is 5.13 Å². The Bertz CT molecular complexity index is 913. The van der Waals surface area contributed by atoms with Gasteiger partial charge in [-0.2, -0.15) is 0 Å².